The smallest absolute Gasteiger partial charge is 0.228 e. The molecule has 5 heteroatoms. The lowest BCUT2D eigenvalue weighted by atomic mass is 10.0. The van der Waals surface area contributed by atoms with Gasteiger partial charge in [0.15, 0.2) is 0 Å². The molecule has 2 unspecified atom stereocenters. The fourth-order valence-electron chi connectivity index (χ4n) is 2.20. The van der Waals surface area contributed by atoms with Gasteiger partial charge in [-0.25, -0.2) is 0 Å². The highest BCUT2D eigenvalue weighted by Gasteiger charge is 2.23. The predicted molar refractivity (Wildman–Crippen MR) is 79.5 cm³/mol. The second-order valence-electron chi connectivity index (χ2n) is 5.96. The van der Waals surface area contributed by atoms with Crippen LogP contribution in [0.4, 0.5) is 0 Å². The largest absolute Gasteiger partial charge is 0.373 e. The third kappa shape index (κ3) is 4.87. The SMILES string of the molecule is CCCNC(Cc1nc(C(OC)C(C)C)no1)C(C)C. The fraction of sp³-hybridized carbons (Fsp3) is 0.867. The predicted octanol–water partition coefficient (Wildman–Crippen LogP) is 2.98. The van der Waals surface area contributed by atoms with Crippen LogP contribution in [-0.4, -0.2) is 29.8 Å². The van der Waals surface area contributed by atoms with E-state index in [9.17, 15) is 0 Å². The number of methoxy groups -OCH3 is 1. The van der Waals surface area contributed by atoms with E-state index in [1.807, 2.05) is 0 Å². The average Bonchev–Trinajstić information content (AvgIpc) is 2.83. The van der Waals surface area contributed by atoms with Gasteiger partial charge < -0.3 is 14.6 Å². The van der Waals surface area contributed by atoms with Gasteiger partial charge in [0.05, 0.1) is 0 Å². The Hall–Kier alpha value is -0.940. The van der Waals surface area contributed by atoms with E-state index in [1.165, 1.54) is 0 Å². The normalized spacial score (nSPS) is 15.0. The highest BCUT2D eigenvalue weighted by atomic mass is 16.5. The first-order valence-electron chi connectivity index (χ1n) is 7.58. The Morgan fingerprint density at radius 2 is 1.90 bits per heavy atom. The summed E-state index contributed by atoms with van der Waals surface area (Å²) in [6.07, 6.45) is 1.78. The maximum absolute atomic E-state index is 5.43. The lowest BCUT2D eigenvalue weighted by Crippen LogP contribution is -2.36. The molecule has 1 rings (SSSR count). The maximum Gasteiger partial charge on any atom is 0.228 e. The van der Waals surface area contributed by atoms with Crippen LogP contribution in [0.1, 0.15) is 58.9 Å². The first kappa shape index (κ1) is 17.1. The summed E-state index contributed by atoms with van der Waals surface area (Å²) in [5.74, 6) is 2.19. The molecule has 1 N–H and O–H groups in total. The Kier molecular flexibility index (Phi) is 7.16. The monoisotopic (exact) mass is 283 g/mol. The molecule has 116 valence electrons. The molecule has 0 saturated carbocycles. The van der Waals surface area contributed by atoms with Crippen LogP contribution < -0.4 is 5.32 Å². The van der Waals surface area contributed by atoms with Crippen molar-refractivity contribution in [1.29, 1.82) is 0 Å². The molecule has 0 radical (unpaired) electrons. The molecule has 0 fully saturated rings. The van der Waals surface area contributed by atoms with Crippen molar-refractivity contribution in [1.82, 2.24) is 15.5 Å². The molecule has 0 spiro atoms. The Bertz CT molecular complexity index is 377. The zero-order valence-electron chi connectivity index (χ0n) is 13.6. The van der Waals surface area contributed by atoms with Crippen LogP contribution in [-0.2, 0) is 11.2 Å². The fourth-order valence-corrected chi connectivity index (χ4v) is 2.20. The molecule has 0 aliphatic carbocycles. The minimum atomic E-state index is -0.103. The highest BCUT2D eigenvalue weighted by Crippen LogP contribution is 2.22. The molecule has 1 aromatic rings. The summed E-state index contributed by atoms with van der Waals surface area (Å²) in [6.45, 7) is 11.8. The van der Waals surface area contributed by atoms with Gasteiger partial charge in [0.25, 0.3) is 0 Å². The number of ether oxygens (including phenoxy) is 1. The summed E-state index contributed by atoms with van der Waals surface area (Å²) in [5.41, 5.74) is 0. The Labute approximate surface area is 122 Å². The lowest BCUT2D eigenvalue weighted by Gasteiger charge is -2.20. The summed E-state index contributed by atoms with van der Waals surface area (Å²) in [7, 11) is 1.68. The van der Waals surface area contributed by atoms with Gasteiger partial charge in [0.1, 0.15) is 6.10 Å². The Morgan fingerprint density at radius 3 is 2.40 bits per heavy atom. The van der Waals surface area contributed by atoms with E-state index in [-0.39, 0.29) is 6.10 Å². The standard InChI is InChI=1S/C15H29N3O2/c1-7-8-16-12(10(2)3)9-13-17-15(18-20-13)14(19-6)11(4)5/h10-12,14,16H,7-9H2,1-6H3. The van der Waals surface area contributed by atoms with Crippen molar-refractivity contribution in [3.8, 4) is 0 Å². The number of hydrogen-bond donors (Lipinski definition) is 1. The van der Waals surface area contributed by atoms with Gasteiger partial charge in [-0.05, 0) is 24.8 Å². The summed E-state index contributed by atoms with van der Waals surface area (Å²) >= 11 is 0. The Balaban J connectivity index is 2.70. The van der Waals surface area contributed by atoms with E-state index >= 15 is 0 Å². The van der Waals surface area contributed by atoms with Crippen molar-refractivity contribution in [2.45, 2.75) is 59.6 Å². The molecule has 1 aromatic heterocycles. The molecule has 0 amide bonds. The van der Waals surface area contributed by atoms with E-state index in [1.54, 1.807) is 7.11 Å². The quantitative estimate of drug-likeness (QED) is 0.755. The zero-order valence-corrected chi connectivity index (χ0v) is 13.6. The number of hydrogen-bond acceptors (Lipinski definition) is 5. The van der Waals surface area contributed by atoms with Gasteiger partial charge in [-0.15, -0.1) is 0 Å². The molecular weight excluding hydrogens is 254 g/mol. The molecule has 0 aromatic carbocycles. The third-order valence-electron chi connectivity index (χ3n) is 3.45. The van der Waals surface area contributed by atoms with Crippen LogP contribution in [0.3, 0.4) is 0 Å². The topological polar surface area (TPSA) is 60.2 Å². The number of nitrogens with one attached hydrogen (secondary N) is 1. The summed E-state index contributed by atoms with van der Waals surface area (Å²) in [5, 5.41) is 7.60. The molecule has 2 atom stereocenters. The van der Waals surface area contributed by atoms with Gasteiger partial charge in [-0.2, -0.15) is 4.98 Å². The second kappa shape index (κ2) is 8.37. The summed E-state index contributed by atoms with van der Waals surface area (Å²) < 4.78 is 10.8. The van der Waals surface area contributed by atoms with Gasteiger partial charge in [0, 0.05) is 19.6 Å². The van der Waals surface area contributed by atoms with Gasteiger partial charge >= 0.3 is 0 Å². The minimum absolute atomic E-state index is 0.103. The van der Waals surface area contributed by atoms with E-state index in [2.05, 4.69) is 50.1 Å². The van der Waals surface area contributed by atoms with Crippen molar-refractivity contribution < 1.29 is 9.26 Å². The van der Waals surface area contributed by atoms with Crippen molar-refractivity contribution in [2.75, 3.05) is 13.7 Å². The van der Waals surface area contributed by atoms with Crippen LogP contribution in [0.5, 0.6) is 0 Å². The van der Waals surface area contributed by atoms with Crippen LogP contribution in [0.25, 0.3) is 0 Å². The van der Waals surface area contributed by atoms with Crippen LogP contribution >= 0.6 is 0 Å². The maximum atomic E-state index is 5.43. The van der Waals surface area contributed by atoms with Crippen molar-refractivity contribution in [3.05, 3.63) is 11.7 Å². The van der Waals surface area contributed by atoms with Gasteiger partial charge in [0.2, 0.25) is 11.7 Å². The third-order valence-corrected chi connectivity index (χ3v) is 3.45. The van der Waals surface area contributed by atoms with Gasteiger partial charge in [-0.3, -0.25) is 0 Å². The molecule has 1 heterocycles. The number of aromatic nitrogens is 2. The van der Waals surface area contributed by atoms with Crippen molar-refractivity contribution >= 4 is 0 Å². The molecule has 5 nitrogen and oxygen atoms in total. The minimum Gasteiger partial charge on any atom is -0.373 e. The van der Waals surface area contributed by atoms with Crippen LogP contribution in [0, 0.1) is 11.8 Å². The summed E-state index contributed by atoms with van der Waals surface area (Å²) in [4.78, 5) is 4.49. The first-order valence-corrected chi connectivity index (χ1v) is 7.58. The van der Waals surface area contributed by atoms with Crippen LogP contribution in [0.2, 0.25) is 0 Å². The molecule has 0 bridgehead atoms. The molecule has 0 aliphatic rings. The average molecular weight is 283 g/mol. The molecule has 20 heavy (non-hydrogen) atoms. The van der Waals surface area contributed by atoms with Crippen molar-refractivity contribution in [3.63, 3.8) is 0 Å². The van der Waals surface area contributed by atoms with Gasteiger partial charge in [-0.1, -0.05) is 39.8 Å². The highest BCUT2D eigenvalue weighted by molar-refractivity contribution is 4.95. The van der Waals surface area contributed by atoms with E-state index in [0.717, 1.165) is 19.4 Å². The molecule has 0 saturated heterocycles. The number of rotatable bonds is 9. The van der Waals surface area contributed by atoms with E-state index in [4.69, 9.17) is 9.26 Å². The first-order chi connectivity index (χ1) is 9.49. The molecule has 0 aliphatic heterocycles. The molecular formula is C15H29N3O2. The summed E-state index contributed by atoms with van der Waals surface area (Å²) in [6, 6.07) is 0.364. The second-order valence-corrected chi connectivity index (χ2v) is 5.96. The van der Waals surface area contributed by atoms with E-state index < -0.39 is 0 Å². The number of nitrogens with zero attached hydrogens (tertiary/aromatic N) is 2. The lowest BCUT2D eigenvalue weighted by molar-refractivity contribution is 0.0555. The van der Waals surface area contributed by atoms with Crippen molar-refractivity contribution in [2.24, 2.45) is 11.8 Å². The Morgan fingerprint density at radius 1 is 1.20 bits per heavy atom. The zero-order chi connectivity index (χ0) is 15.1. The van der Waals surface area contributed by atoms with E-state index in [0.29, 0.717) is 29.6 Å². The van der Waals surface area contributed by atoms with Crippen LogP contribution in [0.15, 0.2) is 4.52 Å².